The van der Waals surface area contributed by atoms with E-state index in [1.807, 2.05) is 0 Å². The van der Waals surface area contributed by atoms with Gasteiger partial charge in [-0.1, -0.05) is 0 Å². The maximum atomic E-state index is 12.0. The number of aliphatic hydroxyl groups excluding tert-OH is 1. The van der Waals surface area contributed by atoms with Crippen molar-refractivity contribution < 1.29 is 13.5 Å². The van der Waals surface area contributed by atoms with Crippen molar-refractivity contribution >= 4 is 15.7 Å². The third kappa shape index (κ3) is 3.42. The summed E-state index contributed by atoms with van der Waals surface area (Å²) in [6, 6.07) is 3.33. The van der Waals surface area contributed by atoms with Gasteiger partial charge >= 0.3 is 0 Å². The van der Waals surface area contributed by atoms with Crippen LogP contribution in [0.2, 0.25) is 0 Å². The minimum atomic E-state index is -3.55. The Balaban J connectivity index is 3.06. The van der Waals surface area contributed by atoms with E-state index in [1.54, 1.807) is 26.0 Å². The van der Waals surface area contributed by atoms with Crippen molar-refractivity contribution in [3.63, 3.8) is 0 Å². The van der Waals surface area contributed by atoms with Crippen LogP contribution in [0.4, 0.5) is 5.69 Å². The van der Waals surface area contributed by atoms with Crippen molar-refractivity contribution in [3.8, 4) is 0 Å². The lowest BCUT2D eigenvalue weighted by atomic mass is 10.1. The van der Waals surface area contributed by atoms with E-state index >= 15 is 0 Å². The summed E-state index contributed by atoms with van der Waals surface area (Å²) in [5.74, 6) is 0. The molecule has 0 amide bonds. The molecule has 1 aromatic carbocycles. The molecule has 6 heteroatoms. The number of anilines is 1. The van der Waals surface area contributed by atoms with Crippen LogP contribution in [0.1, 0.15) is 17.5 Å². The monoisotopic (exact) mass is 258 g/mol. The van der Waals surface area contributed by atoms with Crippen molar-refractivity contribution in [1.82, 2.24) is 4.72 Å². The lowest BCUT2D eigenvalue weighted by molar-refractivity contribution is 0.289. The first-order valence-electron chi connectivity index (χ1n) is 5.35. The van der Waals surface area contributed by atoms with Gasteiger partial charge in [0.1, 0.15) is 0 Å². The highest BCUT2D eigenvalue weighted by atomic mass is 32.2. The number of hydrogen-bond acceptors (Lipinski definition) is 4. The van der Waals surface area contributed by atoms with Gasteiger partial charge in [0, 0.05) is 18.8 Å². The molecule has 0 aliphatic rings. The van der Waals surface area contributed by atoms with Gasteiger partial charge in [-0.25, -0.2) is 13.1 Å². The second-order valence-corrected chi connectivity index (χ2v) is 5.69. The number of aryl methyl sites for hydroxylation is 1. The van der Waals surface area contributed by atoms with E-state index in [1.165, 1.54) is 0 Å². The number of nitrogens with two attached hydrogens (primary N) is 1. The average molecular weight is 258 g/mol. The number of benzene rings is 1. The van der Waals surface area contributed by atoms with Crippen LogP contribution in [-0.2, 0) is 10.0 Å². The zero-order valence-electron chi connectivity index (χ0n) is 10.0. The number of rotatable bonds is 5. The van der Waals surface area contributed by atoms with E-state index in [4.69, 9.17) is 10.8 Å². The maximum absolute atomic E-state index is 12.0. The Bertz CT molecular complexity index is 498. The maximum Gasteiger partial charge on any atom is 0.240 e. The van der Waals surface area contributed by atoms with Gasteiger partial charge < -0.3 is 10.8 Å². The molecule has 5 nitrogen and oxygen atoms in total. The summed E-state index contributed by atoms with van der Waals surface area (Å²) in [6.07, 6.45) is 0.388. The summed E-state index contributed by atoms with van der Waals surface area (Å²) < 4.78 is 26.4. The largest absolute Gasteiger partial charge is 0.398 e. The van der Waals surface area contributed by atoms with E-state index in [0.29, 0.717) is 17.7 Å². The molecule has 1 aromatic rings. The van der Waals surface area contributed by atoms with E-state index in [-0.39, 0.29) is 18.0 Å². The lowest BCUT2D eigenvalue weighted by Crippen LogP contribution is -2.26. The Morgan fingerprint density at radius 1 is 1.35 bits per heavy atom. The molecule has 0 bridgehead atoms. The average Bonchev–Trinajstić information content (AvgIpc) is 2.23. The first kappa shape index (κ1) is 14.0. The molecule has 0 aliphatic heterocycles. The predicted octanol–water partition coefficient (Wildman–Crippen LogP) is 0.546. The first-order chi connectivity index (χ1) is 7.88. The van der Waals surface area contributed by atoms with Gasteiger partial charge in [-0.05, 0) is 43.5 Å². The highest BCUT2D eigenvalue weighted by Gasteiger charge is 2.17. The van der Waals surface area contributed by atoms with Crippen molar-refractivity contribution in [2.45, 2.75) is 25.2 Å². The summed E-state index contributed by atoms with van der Waals surface area (Å²) >= 11 is 0. The predicted molar refractivity (Wildman–Crippen MR) is 67.2 cm³/mol. The number of aliphatic hydroxyl groups is 1. The van der Waals surface area contributed by atoms with Gasteiger partial charge in [-0.15, -0.1) is 0 Å². The molecule has 0 heterocycles. The van der Waals surface area contributed by atoms with Crippen LogP contribution in [0.25, 0.3) is 0 Å². The van der Waals surface area contributed by atoms with Gasteiger partial charge in [0.15, 0.2) is 0 Å². The van der Waals surface area contributed by atoms with Crippen LogP contribution < -0.4 is 10.5 Å². The van der Waals surface area contributed by atoms with Gasteiger partial charge in [0.2, 0.25) is 10.0 Å². The minimum absolute atomic E-state index is 0.0442. The highest BCUT2D eigenvalue weighted by molar-refractivity contribution is 7.89. The second kappa shape index (κ2) is 5.48. The molecule has 0 saturated heterocycles. The Hall–Kier alpha value is -1.11. The van der Waals surface area contributed by atoms with E-state index in [2.05, 4.69) is 4.72 Å². The first-order valence-corrected chi connectivity index (χ1v) is 6.84. The topological polar surface area (TPSA) is 92.4 Å². The van der Waals surface area contributed by atoms with Crippen molar-refractivity contribution in [1.29, 1.82) is 0 Å². The zero-order chi connectivity index (χ0) is 13.1. The van der Waals surface area contributed by atoms with Gasteiger partial charge in [0.25, 0.3) is 0 Å². The number of nitrogen functional groups attached to an aromatic ring is 1. The van der Waals surface area contributed by atoms with Crippen molar-refractivity contribution in [2.75, 3.05) is 18.9 Å². The molecule has 0 aliphatic carbocycles. The number of hydrogen-bond donors (Lipinski definition) is 3. The molecule has 0 fully saturated rings. The van der Waals surface area contributed by atoms with Crippen LogP contribution in [-0.4, -0.2) is 26.7 Å². The minimum Gasteiger partial charge on any atom is -0.398 e. The van der Waals surface area contributed by atoms with Crippen LogP contribution >= 0.6 is 0 Å². The Labute approximate surface area is 102 Å². The van der Waals surface area contributed by atoms with E-state index in [9.17, 15) is 8.42 Å². The molecule has 96 valence electrons. The quantitative estimate of drug-likeness (QED) is 0.531. The lowest BCUT2D eigenvalue weighted by Gasteiger charge is -2.11. The van der Waals surface area contributed by atoms with Crippen LogP contribution in [0, 0.1) is 13.8 Å². The normalized spacial score (nSPS) is 11.7. The molecule has 0 radical (unpaired) electrons. The summed E-state index contributed by atoms with van der Waals surface area (Å²) in [7, 11) is -3.55. The highest BCUT2D eigenvalue weighted by Crippen LogP contribution is 2.22. The smallest absolute Gasteiger partial charge is 0.240 e. The molecule has 0 unspecified atom stereocenters. The molecule has 1 rings (SSSR count). The Morgan fingerprint density at radius 3 is 2.59 bits per heavy atom. The number of nitrogens with one attached hydrogen (secondary N) is 1. The summed E-state index contributed by atoms with van der Waals surface area (Å²) in [6.45, 7) is 3.64. The molecule has 17 heavy (non-hydrogen) atoms. The molecule has 4 N–H and O–H groups in total. The zero-order valence-corrected chi connectivity index (χ0v) is 10.8. The standard InChI is InChI=1S/C11H18N2O3S/c1-8-6-10(12)9(2)11(7-8)17(15,16)13-4-3-5-14/h6-7,13-14H,3-5,12H2,1-2H3. The summed E-state index contributed by atoms with van der Waals surface area (Å²) in [4.78, 5) is 0.202. The van der Waals surface area contributed by atoms with Gasteiger partial charge in [-0.2, -0.15) is 0 Å². The third-order valence-corrected chi connectivity index (χ3v) is 4.05. The summed E-state index contributed by atoms with van der Waals surface area (Å²) in [5, 5.41) is 8.62. The van der Waals surface area contributed by atoms with Crippen LogP contribution in [0.15, 0.2) is 17.0 Å². The van der Waals surface area contributed by atoms with Gasteiger partial charge in [0.05, 0.1) is 4.90 Å². The Kier molecular flexibility index (Phi) is 4.50. The third-order valence-electron chi connectivity index (χ3n) is 2.46. The van der Waals surface area contributed by atoms with Crippen LogP contribution in [0.3, 0.4) is 0 Å². The fourth-order valence-electron chi connectivity index (χ4n) is 1.49. The summed E-state index contributed by atoms with van der Waals surface area (Å²) in [5.41, 5.74) is 7.56. The van der Waals surface area contributed by atoms with Crippen LogP contribution in [0.5, 0.6) is 0 Å². The SMILES string of the molecule is Cc1cc(N)c(C)c(S(=O)(=O)NCCCO)c1. The molecular formula is C11H18N2O3S. The molecule has 0 saturated carbocycles. The molecule has 0 spiro atoms. The molecule has 0 atom stereocenters. The van der Waals surface area contributed by atoms with Crippen molar-refractivity contribution in [2.24, 2.45) is 0 Å². The van der Waals surface area contributed by atoms with E-state index < -0.39 is 10.0 Å². The van der Waals surface area contributed by atoms with E-state index in [0.717, 1.165) is 5.56 Å². The number of sulfonamides is 1. The Morgan fingerprint density at radius 2 is 2.00 bits per heavy atom. The molecule has 0 aromatic heterocycles. The second-order valence-electron chi connectivity index (χ2n) is 3.95. The molecular weight excluding hydrogens is 240 g/mol. The fourth-order valence-corrected chi connectivity index (χ4v) is 2.93. The fraction of sp³-hybridized carbons (Fsp3) is 0.455. The van der Waals surface area contributed by atoms with Gasteiger partial charge in [-0.3, -0.25) is 0 Å². The van der Waals surface area contributed by atoms with Crippen molar-refractivity contribution in [3.05, 3.63) is 23.3 Å².